The summed E-state index contributed by atoms with van der Waals surface area (Å²) in [5, 5.41) is 6.40. The minimum atomic E-state index is -3.41. The van der Waals surface area contributed by atoms with E-state index in [0.29, 0.717) is 41.9 Å². The van der Waals surface area contributed by atoms with Crippen molar-refractivity contribution in [2.24, 2.45) is 0 Å². The van der Waals surface area contributed by atoms with E-state index in [4.69, 9.17) is 17.0 Å². The molecule has 6 nitrogen and oxygen atoms in total. The van der Waals surface area contributed by atoms with Gasteiger partial charge in [-0.1, -0.05) is 6.07 Å². The summed E-state index contributed by atoms with van der Waals surface area (Å²) < 4.78 is 31.5. The summed E-state index contributed by atoms with van der Waals surface area (Å²) in [6.07, 6.45) is 1.84. The van der Waals surface area contributed by atoms with Crippen LogP contribution in [0.4, 0.5) is 5.69 Å². The molecule has 22 heavy (non-hydrogen) atoms. The first kappa shape index (κ1) is 17.1. The van der Waals surface area contributed by atoms with Crippen LogP contribution in [0.5, 0.6) is 0 Å². The van der Waals surface area contributed by atoms with Crippen molar-refractivity contribution < 1.29 is 13.2 Å². The average molecular weight is 343 g/mol. The Hall–Kier alpha value is -1.22. The third-order valence-electron chi connectivity index (χ3n) is 3.39. The van der Waals surface area contributed by atoms with E-state index in [2.05, 4.69) is 10.6 Å². The Labute approximate surface area is 136 Å². The Bertz CT molecular complexity index is 614. The van der Waals surface area contributed by atoms with Gasteiger partial charge < -0.3 is 15.4 Å². The molecule has 1 aromatic carbocycles. The van der Waals surface area contributed by atoms with Gasteiger partial charge in [-0.05, 0) is 43.3 Å². The van der Waals surface area contributed by atoms with Crippen LogP contribution in [0.1, 0.15) is 12.8 Å². The standard InChI is InChI=1S/C14H21N3O3S2/c1-20-10-7-15-14(21)16-12-5-4-6-13(11-12)22(18,19)17-8-2-3-9-17/h4-6,11H,2-3,7-10H2,1H3,(H2,15,16,21). The second-order valence-corrected chi connectivity index (χ2v) is 7.36. The second kappa shape index (κ2) is 7.87. The van der Waals surface area contributed by atoms with Gasteiger partial charge in [0.2, 0.25) is 10.0 Å². The molecule has 1 aliphatic heterocycles. The van der Waals surface area contributed by atoms with Crippen LogP contribution in [-0.2, 0) is 14.8 Å². The molecule has 0 unspecified atom stereocenters. The van der Waals surface area contributed by atoms with Gasteiger partial charge in [0.1, 0.15) is 0 Å². The summed E-state index contributed by atoms with van der Waals surface area (Å²) in [5.74, 6) is 0. The number of benzene rings is 1. The van der Waals surface area contributed by atoms with E-state index in [1.807, 2.05) is 0 Å². The lowest BCUT2D eigenvalue weighted by molar-refractivity contribution is 0.204. The number of methoxy groups -OCH3 is 1. The van der Waals surface area contributed by atoms with Crippen LogP contribution in [0.2, 0.25) is 0 Å². The Balaban J connectivity index is 2.05. The Morgan fingerprint density at radius 2 is 2.09 bits per heavy atom. The van der Waals surface area contributed by atoms with Crippen molar-refractivity contribution >= 4 is 33.0 Å². The SMILES string of the molecule is COCCNC(=S)Nc1cccc(S(=O)(=O)N2CCCC2)c1. The van der Waals surface area contributed by atoms with E-state index in [9.17, 15) is 8.42 Å². The van der Waals surface area contributed by atoms with E-state index in [-0.39, 0.29) is 0 Å². The lowest BCUT2D eigenvalue weighted by Gasteiger charge is -2.16. The third-order valence-corrected chi connectivity index (χ3v) is 5.53. The van der Waals surface area contributed by atoms with Crippen molar-refractivity contribution in [3.8, 4) is 0 Å². The van der Waals surface area contributed by atoms with E-state index in [1.165, 1.54) is 4.31 Å². The number of nitrogens with one attached hydrogen (secondary N) is 2. The quantitative estimate of drug-likeness (QED) is 0.601. The molecule has 0 aliphatic carbocycles. The molecule has 0 bridgehead atoms. The van der Waals surface area contributed by atoms with Crippen LogP contribution in [-0.4, -0.2) is 51.2 Å². The number of ether oxygens (including phenoxy) is 1. The van der Waals surface area contributed by atoms with Gasteiger partial charge >= 0.3 is 0 Å². The summed E-state index contributed by atoms with van der Waals surface area (Å²) in [7, 11) is -1.79. The highest BCUT2D eigenvalue weighted by Crippen LogP contribution is 2.23. The molecule has 2 N–H and O–H groups in total. The molecule has 8 heteroatoms. The predicted octanol–water partition coefficient (Wildman–Crippen LogP) is 1.40. The molecule has 1 saturated heterocycles. The van der Waals surface area contributed by atoms with Gasteiger partial charge in [-0.2, -0.15) is 4.31 Å². The molecule has 1 aromatic rings. The Morgan fingerprint density at radius 3 is 2.77 bits per heavy atom. The number of sulfonamides is 1. The number of thiocarbonyl (C=S) groups is 1. The normalized spacial score (nSPS) is 15.7. The predicted molar refractivity (Wildman–Crippen MR) is 90.5 cm³/mol. The molecule has 122 valence electrons. The van der Waals surface area contributed by atoms with E-state index < -0.39 is 10.0 Å². The molecule has 0 aromatic heterocycles. The van der Waals surface area contributed by atoms with Crippen LogP contribution in [0, 0.1) is 0 Å². The van der Waals surface area contributed by atoms with Crippen LogP contribution >= 0.6 is 12.2 Å². The smallest absolute Gasteiger partial charge is 0.243 e. The van der Waals surface area contributed by atoms with Crippen LogP contribution in [0.3, 0.4) is 0 Å². The van der Waals surface area contributed by atoms with Crippen molar-refractivity contribution in [3.05, 3.63) is 24.3 Å². The number of nitrogens with zero attached hydrogens (tertiary/aromatic N) is 1. The Kier molecular flexibility index (Phi) is 6.13. The molecular weight excluding hydrogens is 322 g/mol. The first-order valence-corrected chi connectivity index (χ1v) is 9.03. The number of hydrogen-bond acceptors (Lipinski definition) is 4. The summed E-state index contributed by atoms with van der Waals surface area (Å²) in [5.41, 5.74) is 0.648. The summed E-state index contributed by atoms with van der Waals surface area (Å²) in [6, 6.07) is 6.72. The molecule has 0 amide bonds. The van der Waals surface area contributed by atoms with Crippen LogP contribution < -0.4 is 10.6 Å². The largest absolute Gasteiger partial charge is 0.383 e. The van der Waals surface area contributed by atoms with Gasteiger partial charge in [0.15, 0.2) is 5.11 Å². The molecule has 1 fully saturated rings. The highest BCUT2D eigenvalue weighted by molar-refractivity contribution is 7.89. The summed E-state index contributed by atoms with van der Waals surface area (Å²) in [6.45, 7) is 2.33. The molecular formula is C14H21N3O3S2. The van der Waals surface area contributed by atoms with Gasteiger partial charge in [0.25, 0.3) is 0 Å². The van der Waals surface area contributed by atoms with Crippen molar-refractivity contribution in [1.82, 2.24) is 9.62 Å². The fourth-order valence-corrected chi connectivity index (χ4v) is 4.04. The van der Waals surface area contributed by atoms with Crippen molar-refractivity contribution in [2.45, 2.75) is 17.7 Å². The Morgan fingerprint density at radius 1 is 1.36 bits per heavy atom. The maximum absolute atomic E-state index is 12.5. The van der Waals surface area contributed by atoms with Gasteiger partial charge in [0, 0.05) is 32.4 Å². The molecule has 1 heterocycles. The summed E-state index contributed by atoms with van der Waals surface area (Å²) in [4.78, 5) is 0.291. The van der Waals surface area contributed by atoms with Crippen LogP contribution in [0.25, 0.3) is 0 Å². The number of anilines is 1. The number of rotatable bonds is 6. The molecule has 0 saturated carbocycles. The molecule has 0 radical (unpaired) electrons. The fourth-order valence-electron chi connectivity index (χ4n) is 2.25. The fraction of sp³-hybridized carbons (Fsp3) is 0.500. The van der Waals surface area contributed by atoms with E-state index >= 15 is 0 Å². The van der Waals surface area contributed by atoms with E-state index in [1.54, 1.807) is 31.4 Å². The maximum atomic E-state index is 12.5. The van der Waals surface area contributed by atoms with Crippen molar-refractivity contribution in [1.29, 1.82) is 0 Å². The first-order chi connectivity index (χ1) is 10.5. The minimum Gasteiger partial charge on any atom is -0.383 e. The van der Waals surface area contributed by atoms with Gasteiger partial charge in [0.05, 0.1) is 11.5 Å². The maximum Gasteiger partial charge on any atom is 0.243 e. The average Bonchev–Trinajstić information content (AvgIpc) is 3.03. The van der Waals surface area contributed by atoms with Gasteiger partial charge in [-0.15, -0.1) is 0 Å². The van der Waals surface area contributed by atoms with Gasteiger partial charge in [-0.3, -0.25) is 0 Å². The molecule has 0 spiro atoms. The lowest BCUT2D eigenvalue weighted by atomic mass is 10.3. The zero-order chi connectivity index (χ0) is 16.0. The zero-order valence-corrected chi connectivity index (χ0v) is 14.2. The van der Waals surface area contributed by atoms with Crippen LogP contribution in [0.15, 0.2) is 29.2 Å². The monoisotopic (exact) mass is 343 g/mol. The molecule has 1 aliphatic rings. The minimum absolute atomic E-state index is 0.291. The lowest BCUT2D eigenvalue weighted by Crippen LogP contribution is -2.31. The van der Waals surface area contributed by atoms with E-state index in [0.717, 1.165) is 12.8 Å². The van der Waals surface area contributed by atoms with Gasteiger partial charge in [-0.25, -0.2) is 8.42 Å². The third kappa shape index (κ3) is 4.39. The highest BCUT2D eigenvalue weighted by atomic mass is 32.2. The topological polar surface area (TPSA) is 70.7 Å². The molecule has 0 atom stereocenters. The zero-order valence-electron chi connectivity index (χ0n) is 12.5. The second-order valence-electron chi connectivity index (χ2n) is 5.01. The number of hydrogen-bond donors (Lipinski definition) is 2. The highest BCUT2D eigenvalue weighted by Gasteiger charge is 2.27. The first-order valence-electron chi connectivity index (χ1n) is 7.18. The molecule has 2 rings (SSSR count). The van der Waals surface area contributed by atoms with Crippen molar-refractivity contribution in [3.63, 3.8) is 0 Å². The van der Waals surface area contributed by atoms with Crippen molar-refractivity contribution in [2.75, 3.05) is 38.7 Å². The summed E-state index contributed by atoms with van der Waals surface area (Å²) >= 11 is 5.16.